The average Bonchev–Trinajstić information content (AvgIpc) is 2.55. The molecule has 2 aromatic rings. The first kappa shape index (κ1) is 11.1. The summed E-state index contributed by atoms with van der Waals surface area (Å²) in [5, 5.41) is 0. The maximum absolute atomic E-state index is 10.9. The molecule has 0 amide bonds. The lowest BCUT2D eigenvalue weighted by Gasteiger charge is -2.11. The Balaban J connectivity index is 2.69. The van der Waals surface area contributed by atoms with E-state index in [9.17, 15) is 4.79 Å². The van der Waals surface area contributed by atoms with Gasteiger partial charge in [-0.2, -0.15) is 0 Å². The van der Waals surface area contributed by atoms with Crippen LogP contribution in [0.2, 0.25) is 0 Å². The van der Waals surface area contributed by atoms with Gasteiger partial charge in [-0.25, -0.2) is 0 Å². The summed E-state index contributed by atoms with van der Waals surface area (Å²) in [6.07, 6.45) is 0.898. The number of hydrogen-bond acceptors (Lipinski definition) is 1. The van der Waals surface area contributed by atoms with Crippen molar-refractivity contribution in [1.82, 2.24) is 4.57 Å². The molecule has 82 valence electrons. The normalized spacial score (nSPS) is 10.4. The molecular formula is C13H12BrNO. The maximum atomic E-state index is 10.9. The van der Waals surface area contributed by atoms with Gasteiger partial charge < -0.3 is 4.57 Å². The van der Waals surface area contributed by atoms with Gasteiger partial charge in [-0.05, 0) is 48.0 Å². The molecule has 2 rings (SSSR count). The SMILES string of the molecule is Cc1cc(C=O)c(C)n1-c1ccccc1Br. The highest BCUT2D eigenvalue weighted by Crippen LogP contribution is 2.25. The number of carbonyl (C=O) groups is 1. The molecule has 0 radical (unpaired) electrons. The van der Waals surface area contributed by atoms with E-state index in [1.54, 1.807) is 0 Å². The summed E-state index contributed by atoms with van der Waals surface area (Å²) in [5.74, 6) is 0. The van der Waals surface area contributed by atoms with Crippen molar-refractivity contribution >= 4 is 22.2 Å². The van der Waals surface area contributed by atoms with E-state index in [-0.39, 0.29) is 0 Å². The fourth-order valence-electron chi connectivity index (χ4n) is 1.91. The third-order valence-electron chi connectivity index (χ3n) is 2.69. The van der Waals surface area contributed by atoms with E-state index in [4.69, 9.17) is 0 Å². The van der Waals surface area contributed by atoms with Crippen LogP contribution in [0.1, 0.15) is 21.7 Å². The molecule has 0 aliphatic heterocycles. The van der Waals surface area contributed by atoms with Crippen molar-refractivity contribution in [3.8, 4) is 5.69 Å². The highest BCUT2D eigenvalue weighted by Gasteiger charge is 2.11. The molecule has 1 aromatic heterocycles. The molecule has 2 nitrogen and oxygen atoms in total. The first-order valence-electron chi connectivity index (χ1n) is 5.04. The minimum Gasteiger partial charge on any atom is -0.317 e. The molecule has 0 aliphatic rings. The number of aryl methyl sites for hydroxylation is 1. The van der Waals surface area contributed by atoms with Gasteiger partial charge in [0, 0.05) is 21.4 Å². The minimum absolute atomic E-state index is 0.744. The Morgan fingerprint density at radius 1 is 1.25 bits per heavy atom. The van der Waals surface area contributed by atoms with Crippen LogP contribution < -0.4 is 0 Å². The molecule has 3 heteroatoms. The number of rotatable bonds is 2. The standard InChI is InChI=1S/C13H12BrNO/c1-9-7-11(8-16)10(2)15(9)13-6-4-3-5-12(13)14/h3-8H,1-2H3. The minimum atomic E-state index is 0.744. The fraction of sp³-hybridized carbons (Fsp3) is 0.154. The van der Waals surface area contributed by atoms with Crippen molar-refractivity contribution in [2.45, 2.75) is 13.8 Å². The molecule has 0 atom stereocenters. The third-order valence-corrected chi connectivity index (χ3v) is 3.36. The summed E-state index contributed by atoms with van der Waals surface area (Å²) < 4.78 is 3.10. The Hall–Kier alpha value is -1.35. The van der Waals surface area contributed by atoms with E-state index in [0.717, 1.165) is 33.4 Å². The summed E-state index contributed by atoms with van der Waals surface area (Å²) in [7, 11) is 0. The van der Waals surface area contributed by atoms with Crippen molar-refractivity contribution in [1.29, 1.82) is 0 Å². The summed E-state index contributed by atoms with van der Waals surface area (Å²) in [6.45, 7) is 3.95. The first-order chi connectivity index (χ1) is 7.65. The van der Waals surface area contributed by atoms with Gasteiger partial charge in [0.1, 0.15) is 0 Å². The van der Waals surface area contributed by atoms with Gasteiger partial charge in [0.05, 0.1) is 5.69 Å². The van der Waals surface area contributed by atoms with Gasteiger partial charge >= 0.3 is 0 Å². The second kappa shape index (κ2) is 4.26. The van der Waals surface area contributed by atoms with Crippen LogP contribution in [0.4, 0.5) is 0 Å². The van der Waals surface area contributed by atoms with Gasteiger partial charge in [-0.3, -0.25) is 4.79 Å². The summed E-state index contributed by atoms with van der Waals surface area (Å²) in [6, 6.07) is 9.89. The fourth-order valence-corrected chi connectivity index (χ4v) is 2.37. The maximum Gasteiger partial charge on any atom is 0.151 e. The van der Waals surface area contributed by atoms with Crippen LogP contribution in [0.15, 0.2) is 34.8 Å². The Morgan fingerprint density at radius 2 is 1.94 bits per heavy atom. The molecule has 0 fully saturated rings. The van der Waals surface area contributed by atoms with Crippen molar-refractivity contribution < 1.29 is 4.79 Å². The van der Waals surface area contributed by atoms with E-state index in [1.165, 1.54) is 0 Å². The number of para-hydroxylation sites is 1. The molecule has 1 heterocycles. The van der Waals surface area contributed by atoms with Gasteiger partial charge in [0.25, 0.3) is 0 Å². The smallest absolute Gasteiger partial charge is 0.151 e. The zero-order chi connectivity index (χ0) is 11.7. The van der Waals surface area contributed by atoms with Crippen LogP contribution in [-0.2, 0) is 0 Å². The summed E-state index contributed by atoms with van der Waals surface area (Å²) >= 11 is 3.52. The predicted molar refractivity (Wildman–Crippen MR) is 68.3 cm³/mol. The summed E-state index contributed by atoms with van der Waals surface area (Å²) in [4.78, 5) is 10.9. The molecule has 0 N–H and O–H groups in total. The third kappa shape index (κ3) is 1.71. The number of nitrogens with zero attached hydrogens (tertiary/aromatic N) is 1. The van der Waals surface area contributed by atoms with E-state index < -0.39 is 0 Å². The number of aromatic nitrogens is 1. The van der Waals surface area contributed by atoms with Gasteiger partial charge in [-0.15, -0.1) is 0 Å². The number of halogens is 1. The largest absolute Gasteiger partial charge is 0.317 e. The van der Waals surface area contributed by atoms with Crippen molar-refractivity contribution in [2.24, 2.45) is 0 Å². The number of hydrogen-bond donors (Lipinski definition) is 0. The Morgan fingerprint density at radius 3 is 2.50 bits per heavy atom. The highest BCUT2D eigenvalue weighted by molar-refractivity contribution is 9.10. The monoisotopic (exact) mass is 277 g/mol. The van der Waals surface area contributed by atoms with E-state index >= 15 is 0 Å². The van der Waals surface area contributed by atoms with E-state index in [1.807, 2.05) is 44.2 Å². The van der Waals surface area contributed by atoms with Crippen LogP contribution in [0.3, 0.4) is 0 Å². The average molecular weight is 278 g/mol. The molecule has 0 saturated heterocycles. The number of benzene rings is 1. The van der Waals surface area contributed by atoms with Gasteiger partial charge in [0.2, 0.25) is 0 Å². The number of aldehydes is 1. The van der Waals surface area contributed by atoms with E-state index in [2.05, 4.69) is 20.5 Å². The highest BCUT2D eigenvalue weighted by atomic mass is 79.9. The van der Waals surface area contributed by atoms with Gasteiger partial charge in [0.15, 0.2) is 6.29 Å². The second-order valence-corrected chi connectivity index (χ2v) is 4.59. The quantitative estimate of drug-likeness (QED) is 0.768. The van der Waals surface area contributed by atoms with Crippen LogP contribution in [-0.4, -0.2) is 10.9 Å². The molecule has 1 aromatic carbocycles. The molecule has 0 spiro atoms. The molecule has 16 heavy (non-hydrogen) atoms. The summed E-state index contributed by atoms with van der Waals surface area (Å²) in [5.41, 5.74) is 3.84. The lowest BCUT2D eigenvalue weighted by Crippen LogP contribution is -2.00. The molecule has 0 bridgehead atoms. The lowest BCUT2D eigenvalue weighted by molar-refractivity contribution is 0.112. The Kier molecular flexibility index (Phi) is 2.97. The topological polar surface area (TPSA) is 22.0 Å². The first-order valence-corrected chi connectivity index (χ1v) is 5.83. The van der Waals surface area contributed by atoms with Crippen LogP contribution in [0, 0.1) is 13.8 Å². The van der Waals surface area contributed by atoms with Crippen LogP contribution in [0.25, 0.3) is 5.69 Å². The lowest BCUT2D eigenvalue weighted by atomic mass is 10.2. The van der Waals surface area contributed by atoms with Crippen molar-refractivity contribution in [3.63, 3.8) is 0 Å². The molecule has 0 aliphatic carbocycles. The molecule has 0 saturated carbocycles. The van der Waals surface area contributed by atoms with Gasteiger partial charge in [-0.1, -0.05) is 12.1 Å². The van der Waals surface area contributed by atoms with E-state index in [0.29, 0.717) is 0 Å². The zero-order valence-corrected chi connectivity index (χ0v) is 10.8. The van der Waals surface area contributed by atoms with Crippen molar-refractivity contribution in [3.05, 3.63) is 51.8 Å². The second-order valence-electron chi connectivity index (χ2n) is 3.73. The van der Waals surface area contributed by atoms with Crippen molar-refractivity contribution in [2.75, 3.05) is 0 Å². The zero-order valence-electron chi connectivity index (χ0n) is 9.20. The van der Waals surface area contributed by atoms with Crippen LogP contribution in [0.5, 0.6) is 0 Å². The Bertz CT molecular complexity index is 543. The Labute approximate surface area is 103 Å². The van der Waals surface area contributed by atoms with Crippen LogP contribution >= 0.6 is 15.9 Å². The molecular weight excluding hydrogens is 266 g/mol. The molecule has 0 unspecified atom stereocenters. The predicted octanol–water partition coefficient (Wildman–Crippen LogP) is 3.67. The number of carbonyl (C=O) groups excluding carboxylic acids is 1.